The van der Waals surface area contributed by atoms with Crippen LogP contribution in [0.25, 0.3) is 0 Å². The summed E-state index contributed by atoms with van der Waals surface area (Å²) in [6, 6.07) is 6.02. The van der Waals surface area contributed by atoms with E-state index in [1.54, 1.807) is 17.5 Å². The molecule has 1 N–H and O–H groups in total. The molecule has 0 spiro atoms. The molecule has 24 heavy (non-hydrogen) atoms. The van der Waals surface area contributed by atoms with Crippen LogP contribution in [0.3, 0.4) is 0 Å². The van der Waals surface area contributed by atoms with Gasteiger partial charge in [0.25, 0.3) is 0 Å². The molecule has 1 aliphatic heterocycles. The number of rotatable bonds is 5. The van der Waals surface area contributed by atoms with E-state index in [2.05, 4.69) is 17.2 Å². The molecule has 1 aliphatic carbocycles. The number of benzene rings is 1. The van der Waals surface area contributed by atoms with Gasteiger partial charge >= 0.3 is 0 Å². The van der Waals surface area contributed by atoms with Crippen molar-refractivity contribution in [1.82, 2.24) is 10.3 Å². The van der Waals surface area contributed by atoms with Crippen molar-refractivity contribution < 1.29 is 14.3 Å². The van der Waals surface area contributed by atoms with Crippen molar-refractivity contribution in [3.63, 3.8) is 0 Å². The molecule has 0 saturated heterocycles. The number of hydrogen-bond donors (Lipinski definition) is 1. The first-order chi connectivity index (χ1) is 11.8. The summed E-state index contributed by atoms with van der Waals surface area (Å²) in [4.78, 5) is 16.9. The Morgan fingerprint density at radius 1 is 1.38 bits per heavy atom. The summed E-state index contributed by atoms with van der Waals surface area (Å²) in [7, 11) is 0. The largest absolute Gasteiger partial charge is 0.486 e. The second-order valence-electron chi connectivity index (χ2n) is 6.19. The summed E-state index contributed by atoms with van der Waals surface area (Å²) in [6.07, 6.45) is 3.52. The van der Waals surface area contributed by atoms with Crippen LogP contribution in [0.2, 0.25) is 0 Å². The third kappa shape index (κ3) is 2.98. The van der Waals surface area contributed by atoms with Gasteiger partial charge in [0.1, 0.15) is 18.2 Å². The molecule has 1 aromatic heterocycles. The van der Waals surface area contributed by atoms with Gasteiger partial charge in [0.2, 0.25) is 5.91 Å². The summed E-state index contributed by atoms with van der Waals surface area (Å²) in [5.41, 5.74) is 1.15. The van der Waals surface area contributed by atoms with Gasteiger partial charge in [-0.05, 0) is 36.5 Å². The van der Waals surface area contributed by atoms with E-state index in [0.717, 1.165) is 34.9 Å². The normalized spacial score (nSPS) is 22.7. The van der Waals surface area contributed by atoms with Crippen LogP contribution in [-0.2, 0) is 4.79 Å². The number of thiazole rings is 1. The van der Waals surface area contributed by atoms with Gasteiger partial charge in [-0.2, -0.15) is 0 Å². The monoisotopic (exact) mass is 344 g/mol. The summed E-state index contributed by atoms with van der Waals surface area (Å²) < 4.78 is 11.2. The predicted octanol–water partition coefficient (Wildman–Crippen LogP) is 3.29. The maximum absolute atomic E-state index is 12.6. The molecule has 1 amide bonds. The number of hydrogen-bond acceptors (Lipinski definition) is 5. The fourth-order valence-electron chi connectivity index (χ4n) is 3.17. The van der Waals surface area contributed by atoms with Crippen LogP contribution in [0.1, 0.15) is 42.3 Å². The first-order valence-electron chi connectivity index (χ1n) is 8.35. The average molecular weight is 344 g/mol. The lowest BCUT2D eigenvalue weighted by Crippen LogP contribution is -2.29. The van der Waals surface area contributed by atoms with Crippen LogP contribution in [-0.4, -0.2) is 24.1 Å². The molecule has 4 rings (SSSR count). The van der Waals surface area contributed by atoms with Crippen molar-refractivity contribution in [2.45, 2.75) is 31.7 Å². The smallest absolute Gasteiger partial charge is 0.224 e. The fourth-order valence-corrected chi connectivity index (χ4v) is 3.94. The lowest BCUT2D eigenvalue weighted by Gasteiger charge is -2.19. The molecular weight excluding hydrogens is 324 g/mol. The fraction of sp³-hybridized carbons (Fsp3) is 0.444. The number of amides is 1. The van der Waals surface area contributed by atoms with Gasteiger partial charge in [-0.25, -0.2) is 4.98 Å². The Morgan fingerprint density at radius 3 is 2.96 bits per heavy atom. The molecule has 1 fully saturated rings. The number of ether oxygens (including phenoxy) is 2. The molecule has 2 aromatic rings. The quantitative estimate of drug-likeness (QED) is 0.904. The third-order valence-electron chi connectivity index (χ3n) is 4.60. The molecular formula is C18H20N2O3S. The Hall–Kier alpha value is -2.08. The van der Waals surface area contributed by atoms with Gasteiger partial charge in [0.05, 0.1) is 6.04 Å². The summed E-state index contributed by atoms with van der Waals surface area (Å²) in [6.45, 7) is 3.24. The van der Waals surface area contributed by atoms with E-state index in [-0.39, 0.29) is 23.8 Å². The van der Waals surface area contributed by atoms with Crippen LogP contribution in [0, 0.1) is 5.92 Å². The topological polar surface area (TPSA) is 60.5 Å². The molecule has 1 saturated carbocycles. The Morgan fingerprint density at radius 2 is 2.21 bits per heavy atom. The molecule has 2 aliphatic rings. The van der Waals surface area contributed by atoms with Gasteiger partial charge in [0, 0.05) is 17.5 Å². The van der Waals surface area contributed by atoms with Crippen molar-refractivity contribution in [2.24, 2.45) is 5.92 Å². The third-order valence-corrected chi connectivity index (χ3v) is 5.49. The molecule has 0 bridgehead atoms. The highest BCUT2D eigenvalue weighted by Gasteiger charge is 2.44. The number of fused-ring (bicyclic) bond motifs is 1. The van der Waals surface area contributed by atoms with Crippen molar-refractivity contribution in [1.29, 1.82) is 0 Å². The molecule has 3 atom stereocenters. The molecule has 6 heteroatoms. The minimum absolute atomic E-state index is 0.0130. The second kappa shape index (κ2) is 6.43. The zero-order valence-electron chi connectivity index (χ0n) is 13.5. The molecule has 0 unspecified atom stereocenters. The molecule has 5 nitrogen and oxygen atoms in total. The van der Waals surface area contributed by atoms with Crippen LogP contribution in [0.15, 0.2) is 29.8 Å². The lowest BCUT2D eigenvalue weighted by atomic mass is 10.1. The average Bonchev–Trinajstić information content (AvgIpc) is 3.25. The summed E-state index contributed by atoms with van der Waals surface area (Å²) >= 11 is 1.59. The van der Waals surface area contributed by atoms with Gasteiger partial charge in [0.15, 0.2) is 11.5 Å². The Bertz CT molecular complexity index is 732. The maximum Gasteiger partial charge on any atom is 0.224 e. The summed E-state index contributed by atoms with van der Waals surface area (Å²) in [5.74, 6) is 2.02. The Kier molecular flexibility index (Phi) is 4.14. The first kappa shape index (κ1) is 15.4. The van der Waals surface area contributed by atoms with Crippen molar-refractivity contribution >= 4 is 17.2 Å². The molecule has 126 valence electrons. The van der Waals surface area contributed by atoms with E-state index >= 15 is 0 Å². The first-order valence-corrected chi connectivity index (χ1v) is 9.23. The van der Waals surface area contributed by atoms with Crippen LogP contribution < -0.4 is 14.8 Å². The van der Waals surface area contributed by atoms with E-state index in [1.165, 1.54) is 0 Å². The molecule has 0 radical (unpaired) electrons. The lowest BCUT2D eigenvalue weighted by molar-refractivity contribution is -0.123. The van der Waals surface area contributed by atoms with Crippen LogP contribution in [0.5, 0.6) is 11.5 Å². The SMILES string of the molecule is CC[C@H](NC(=O)[C@H]1C[C@H]1c1ccc2c(c1)OCCO2)c1nccs1. The van der Waals surface area contributed by atoms with E-state index in [4.69, 9.17) is 9.47 Å². The van der Waals surface area contributed by atoms with Gasteiger partial charge < -0.3 is 14.8 Å². The number of nitrogens with zero attached hydrogens (tertiary/aromatic N) is 1. The van der Waals surface area contributed by atoms with Crippen LogP contribution in [0.4, 0.5) is 0 Å². The van der Waals surface area contributed by atoms with Gasteiger partial charge in [-0.3, -0.25) is 4.79 Å². The zero-order valence-corrected chi connectivity index (χ0v) is 14.3. The maximum atomic E-state index is 12.6. The highest BCUT2D eigenvalue weighted by molar-refractivity contribution is 7.09. The molecule has 2 heterocycles. The van der Waals surface area contributed by atoms with E-state index in [1.807, 2.05) is 23.6 Å². The Labute approximate surface area is 145 Å². The van der Waals surface area contributed by atoms with Crippen molar-refractivity contribution in [3.05, 3.63) is 40.3 Å². The van der Waals surface area contributed by atoms with Crippen molar-refractivity contribution in [3.8, 4) is 11.5 Å². The number of aromatic nitrogens is 1. The zero-order chi connectivity index (χ0) is 16.5. The minimum Gasteiger partial charge on any atom is -0.486 e. The minimum atomic E-state index is 0.0130. The van der Waals surface area contributed by atoms with E-state index in [0.29, 0.717) is 13.2 Å². The number of nitrogens with one attached hydrogen (secondary N) is 1. The molecule has 1 aromatic carbocycles. The second-order valence-corrected chi connectivity index (χ2v) is 7.12. The van der Waals surface area contributed by atoms with E-state index in [9.17, 15) is 4.79 Å². The number of carbonyl (C=O) groups is 1. The Balaban J connectivity index is 1.41. The van der Waals surface area contributed by atoms with Gasteiger partial charge in [-0.1, -0.05) is 13.0 Å². The predicted molar refractivity (Wildman–Crippen MR) is 91.6 cm³/mol. The van der Waals surface area contributed by atoms with Crippen molar-refractivity contribution in [2.75, 3.05) is 13.2 Å². The summed E-state index contributed by atoms with van der Waals surface area (Å²) in [5, 5.41) is 6.06. The van der Waals surface area contributed by atoms with Crippen LogP contribution >= 0.6 is 11.3 Å². The standard InChI is InChI=1S/C18H20N2O3S/c1-2-14(18-19-5-8-24-18)20-17(21)13-10-12(13)11-3-4-15-16(9-11)23-7-6-22-15/h3-5,8-9,12-14H,2,6-7,10H2,1H3,(H,20,21)/t12-,13-,14-/m0/s1. The number of carbonyl (C=O) groups excluding carboxylic acids is 1. The highest BCUT2D eigenvalue weighted by Crippen LogP contribution is 2.49. The van der Waals surface area contributed by atoms with Gasteiger partial charge in [-0.15, -0.1) is 11.3 Å². The highest BCUT2D eigenvalue weighted by atomic mass is 32.1. The van der Waals surface area contributed by atoms with E-state index < -0.39 is 0 Å².